The van der Waals surface area contributed by atoms with Crippen molar-refractivity contribution in [2.24, 2.45) is 5.73 Å². The molecule has 14 heavy (non-hydrogen) atoms. The monoisotopic (exact) mass is 199 g/mol. The first-order chi connectivity index (χ1) is 6.61. The molecule has 0 amide bonds. The smallest absolute Gasteiger partial charge is 0.130 e. The van der Waals surface area contributed by atoms with Crippen molar-refractivity contribution in [2.75, 3.05) is 6.54 Å². The van der Waals surface area contributed by atoms with Crippen LogP contribution in [0.15, 0.2) is 0 Å². The van der Waals surface area contributed by atoms with Crippen molar-refractivity contribution in [1.29, 1.82) is 0 Å². The van der Waals surface area contributed by atoms with Gasteiger partial charge in [0.25, 0.3) is 0 Å². The summed E-state index contributed by atoms with van der Waals surface area (Å²) >= 11 is 0. The van der Waals surface area contributed by atoms with Crippen molar-refractivity contribution in [3.05, 3.63) is 17.0 Å². The minimum atomic E-state index is -0.972. The van der Waals surface area contributed by atoms with Gasteiger partial charge in [-0.3, -0.25) is 4.68 Å². The Balaban J connectivity index is 3.01. The van der Waals surface area contributed by atoms with Gasteiger partial charge in [0.15, 0.2) is 0 Å². The van der Waals surface area contributed by atoms with Crippen molar-refractivity contribution in [1.82, 2.24) is 9.78 Å². The Kier molecular flexibility index (Phi) is 3.63. The highest BCUT2D eigenvalue weighted by molar-refractivity contribution is 5.27. The third-order valence-electron chi connectivity index (χ3n) is 2.47. The lowest BCUT2D eigenvalue weighted by Crippen LogP contribution is -2.05. The maximum absolute atomic E-state index is 13.7. The first-order valence-electron chi connectivity index (χ1n) is 4.99. The Labute approximate surface area is 84.1 Å². The number of hydrogen-bond donors (Lipinski definition) is 1. The molecule has 1 heterocycles. The van der Waals surface area contributed by atoms with Gasteiger partial charge in [-0.2, -0.15) is 5.10 Å². The maximum Gasteiger partial charge on any atom is 0.130 e. The van der Waals surface area contributed by atoms with E-state index in [1.165, 1.54) is 0 Å². The summed E-state index contributed by atoms with van der Waals surface area (Å²) in [7, 11) is 0. The summed E-state index contributed by atoms with van der Waals surface area (Å²) in [4.78, 5) is 0. The molecule has 0 bridgehead atoms. The van der Waals surface area contributed by atoms with Crippen LogP contribution in [0, 0.1) is 13.8 Å². The van der Waals surface area contributed by atoms with Gasteiger partial charge in [-0.05, 0) is 33.7 Å². The highest BCUT2D eigenvalue weighted by atomic mass is 19.1. The molecule has 0 radical (unpaired) electrons. The second-order valence-corrected chi connectivity index (χ2v) is 3.45. The van der Waals surface area contributed by atoms with Gasteiger partial charge in [-0.15, -0.1) is 0 Å². The van der Waals surface area contributed by atoms with E-state index in [4.69, 9.17) is 5.73 Å². The van der Waals surface area contributed by atoms with Gasteiger partial charge in [0.1, 0.15) is 6.17 Å². The highest BCUT2D eigenvalue weighted by Gasteiger charge is 2.19. The van der Waals surface area contributed by atoms with Crippen molar-refractivity contribution < 1.29 is 4.39 Å². The second-order valence-electron chi connectivity index (χ2n) is 3.45. The van der Waals surface area contributed by atoms with Gasteiger partial charge in [-0.1, -0.05) is 0 Å². The SMILES string of the molecule is CCn1nc(C)c(C(F)CCN)c1C. The summed E-state index contributed by atoms with van der Waals surface area (Å²) in [5.74, 6) is 0. The molecular formula is C10H18FN3. The molecule has 1 aromatic heterocycles. The Morgan fingerprint density at radius 3 is 2.57 bits per heavy atom. The van der Waals surface area contributed by atoms with E-state index in [1.807, 2.05) is 25.5 Å². The molecule has 0 aromatic carbocycles. The van der Waals surface area contributed by atoms with Crippen LogP contribution in [0.2, 0.25) is 0 Å². The summed E-state index contributed by atoms with van der Waals surface area (Å²) < 4.78 is 15.5. The summed E-state index contributed by atoms with van der Waals surface area (Å²) in [6.07, 6.45) is -0.600. The maximum atomic E-state index is 13.7. The molecule has 1 aromatic rings. The first kappa shape index (κ1) is 11.2. The van der Waals surface area contributed by atoms with E-state index in [2.05, 4.69) is 5.10 Å². The third kappa shape index (κ3) is 1.95. The molecule has 2 N–H and O–H groups in total. The fourth-order valence-corrected chi connectivity index (χ4v) is 1.76. The summed E-state index contributed by atoms with van der Waals surface area (Å²) in [6.45, 7) is 6.90. The number of rotatable bonds is 4. The fraction of sp³-hybridized carbons (Fsp3) is 0.700. The van der Waals surface area contributed by atoms with Gasteiger partial charge in [-0.25, -0.2) is 4.39 Å². The third-order valence-corrected chi connectivity index (χ3v) is 2.47. The number of hydrogen-bond acceptors (Lipinski definition) is 2. The molecule has 0 aliphatic rings. The Morgan fingerprint density at radius 1 is 1.50 bits per heavy atom. The van der Waals surface area contributed by atoms with Gasteiger partial charge in [0.05, 0.1) is 5.69 Å². The number of alkyl halides is 1. The van der Waals surface area contributed by atoms with Crippen LogP contribution < -0.4 is 5.73 Å². The minimum Gasteiger partial charge on any atom is -0.330 e. The first-order valence-corrected chi connectivity index (χ1v) is 4.99. The van der Waals surface area contributed by atoms with Gasteiger partial charge < -0.3 is 5.73 Å². The topological polar surface area (TPSA) is 43.8 Å². The van der Waals surface area contributed by atoms with E-state index >= 15 is 0 Å². The van der Waals surface area contributed by atoms with Crippen molar-refractivity contribution in [3.63, 3.8) is 0 Å². The molecule has 1 atom stereocenters. The summed E-state index contributed by atoms with van der Waals surface area (Å²) in [5, 5.41) is 4.27. The van der Waals surface area contributed by atoms with Gasteiger partial charge in [0.2, 0.25) is 0 Å². The number of halogens is 1. The van der Waals surface area contributed by atoms with Crippen molar-refractivity contribution >= 4 is 0 Å². The molecule has 0 saturated heterocycles. The zero-order chi connectivity index (χ0) is 10.7. The highest BCUT2D eigenvalue weighted by Crippen LogP contribution is 2.26. The van der Waals surface area contributed by atoms with Crippen LogP contribution in [-0.2, 0) is 6.54 Å². The molecule has 80 valence electrons. The minimum absolute atomic E-state index is 0.372. The average molecular weight is 199 g/mol. The number of nitrogens with zero attached hydrogens (tertiary/aromatic N) is 2. The summed E-state index contributed by atoms with van der Waals surface area (Å²) in [6, 6.07) is 0. The van der Waals surface area contributed by atoms with Crippen LogP contribution in [-0.4, -0.2) is 16.3 Å². The molecule has 4 heteroatoms. The largest absolute Gasteiger partial charge is 0.330 e. The van der Waals surface area contributed by atoms with Gasteiger partial charge >= 0.3 is 0 Å². The summed E-state index contributed by atoms with van der Waals surface area (Å²) in [5.41, 5.74) is 7.76. The Hall–Kier alpha value is -0.900. The molecule has 0 aliphatic heterocycles. The number of aromatic nitrogens is 2. The molecule has 0 aliphatic carbocycles. The fourth-order valence-electron chi connectivity index (χ4n) is 1.76. The Morgan fingerprint density at radius 2 is 2.14 bits per heavy atom. The lowest BCUT2D eigenvalue weighted by molar-refractivity contribution is 0.325. The predicted octanol–water partition coefficient (Wildman–Crippen LogP) is 1.88. The normalized spacial score (nSPS) is 13.2. The van der Waals surface area contributed by atoms with E-state index in [-0.39, 0.29) is 0 Å². The molecular weight excluding hydrogens is 181 g/mol. The van der Waals surface area contributed by atoms with Crippen LogP contribution in [0.3, 0.4) is 0 Å². The van der Waals surface area contributed by atoms with Crippen LogP contribution >= 0.6 is 0 Å². The average Bonchev–Trinajstić information content (AvgIpc) is 2.41. The molecule has 3 nitrogen and oxygen atoms in total. The van der Waals surface area contributed by atoms with E-state index < -0.39 is 6.17 Å². The molecule has 1 unspecified atom stereocenters. The molecule has 1 rings (SSSR count). The lowest BCUT2D eigenvalue weighted by Gasteiger charge is -2.07. The predicted molar refractivity (Wildman–Crippen MR) is 54.9 cm³/mol. The van der Waals surface area contributed by atoms with Crippen LogP contribution in [0.4, 0.5) is 4.39 Å². The standard InChI is InChI=1S/C10H18FN3/c1-4-14-8(3)10(7(2)13-14)9(11)5-6-12/h9H,4-6,12H2,1-3H3. The van der Waals surface area contributed by atoms with Crippen LogP contribution in [0.25, 0.3) is 0 Å². The quantitative estimate of drug-likeness (QED) is 0.804. The second kappa shape index (κ2) is 4.55. The Bertz CT molecular complexity index is 307. The van der Waals surface area contributed by atoms with Crippen LogP contribution in [0.5, 0.6) is 0 Å². The van der Waals surface area contributed by atoms with Crippen LogP contribution in [0.1, 0.15) is 36.5 Å². The zero-order valence-corrected chi connectivity index (χ0v) is 9.05. The van der Waals surface area contributed by atoms with E-state index in [9.17, 15) is 4.39 Å². The van der Waals surface area contributed by atoms with E-state index in [0.29, 0.717) is 13.0 Å². The van der Waals surface area contributed by atoms with Gasteiger partial charge in [0, 0.05) is 17.8 Å². The lowest BCUT2D eigenvalue weighted by atomic mass is 10.1. The van der Waals surface area contributed by atoms with E-state index in [1.54, 1.807) is 0 Å². The molecule has 0 saturated carbocycles. The zero-order valence-electron chi connectivity index (χ0n) is 9.05. The van der Waals surface area contributed by atoms with E-state index in [0.717, 1.165) is 23.5 Å². The molecule has 0 spiro atoms. The number of aryl methyl sites for hydroxylation is 2. The number of nitrogens with two attached hydrogens (primary N) is 1. The molecule has 0 fully saturated rings. The van der Waals surface area contributed by atoms with Crippen molar-refractivity contribution in [3.8, 4) is 0 Å². The van der Waals surface area contributed by atoms with Crippen molar-refractivity contribution in [2.45, 2.75) is 39.9 Å².